The van der Waals surface area contributed by atoms with Crippen molar-refractivity contribution >= 4 is 19.7 Å². The van der Waals surface area contributed by atoms with Gasteiger partial charge < -0.3 is 39.9 Å². The number of carbonyl (C=O) groups is 2. The predicted molar refractivity (Wildman–Crippen MR) is 236 cm³/mol. The molecule has 350 valence electrons. The van der Waals surface area contributed by atoms with Crippen molar-refractivity contribution in [3.63, 3.8) is 0 Å². The lowest BCUT2D eigenvalue weighted by molar-refractivity contribution is -0.256. The summed E-state index contributed by atoms with van der Waals surface area (Å²) in [5.41, 5.74) is 0. The zero-order chi connectivity index (χ0) is 43.6. The van der Waals surface area contributed by atoms with E-state index in [0.717, 1.165) is 77.0 Å². The van der Waals surface area contributed by atoms with E-state index in [1.807, 2.05) is 0 Å². The summed E-state index contributed by atoms with van der Waals surface area (Å²) in [7, 11) is -5.21. The standard InChI is InChI=1S/C46H90NO11P/c1-4-7-10-13-16-19-22-24-27-30-33-38(32-29-26-23-20-17-14-11-8-5-2)35-42(51)57-45-43(46(52)56-40(37-48)44(45)58-59(53,54)55)47-41(50)36-39(49)34-31-28-25-21-18-15-12-9-6-3/h38-40,43-46,48-49,52H,4-37H2,1-3H3,(H,47,50)(H2,53,54,55)/t38?,39-,40-,43-,44-,45-,46?/m1/s1. The van der Waals surface area contributed by atoms with Gasteiger partial charge in [-0.2, -0.15) is 0 Å². The van der Waals surface area contributed by atoms with Crippen LogP contribution in [-0.2, 0) is 28.2 Å². The molecule has 6 N–H and O–H groups in total. The van der Waals surface area contributed by atoms with Crippen molar-refractivity contribution in [2.24, 2.45) is 5.92 Å². The molecular weight excluding hydrogens is 773 g/mol. The molecular formula is C46H90NO11P. The highest BCUT2D eigenvalue weighted by atomic mass is 31.2. The second kappa shape index (κ2) is 36.4. The highest BCUT2D eigenvalue weighted by Gasteiger charge is 2.51. The molecule has 0 radical (unpaired) electrons. The van der Waals surface area contributed by atoms with Gasteiger partial charge in [-0.05, 0) is 25.2 Å². The first-order valence-electron chi connectivity index (χ1n) is 24.3. The van der Waals surface area contributed by atoms with Crippen molar-refractivity contribution in [3.8, 4) is 0 Å². The molecule has 0 saturated carbocycles. The van der Waals surface area contributed by atoms with Crippen LogP contribution < -0.4 is 5.32 Å². The number of aliphatic hydroxyl groups excluding tert-OH is 3. The quantitative estimate of drug-likeness (QED) is 0.0195. The van der Waals surface area contributed by atoms with Crippen molar-refractivity contribution < 1.29 is 53.3 Å². The first-order chi connectivity index (χ1) is 28.4. The number of rotatable bonds is 40. The average molecular weight is 864 g/mol. The number of nitrogens with one attached hydrogen (secondary N) is 1. The van der Waals surface area contributed by atoms with Gasteiger partial charge in [-0.15, -0.1) is 0 Å². The highest BCUT2D eigenvalue weighted by molar-refractivity contribution is 7.46. The summed E-state index contributed by atoms with van der Waals surface area (Å²) in [6, 6.07) is -1.47. The molecule has 0 spiro atoms. The van der Waals surface area contributed by atoms with Gasteiger partial charge in [-0.3, -0.25) is 14.1 Å². The van der Waals surface area contributed by atoms with Crippen LogP contribution in [0.15, 0.2) is 0 Å². The van der Waals surface area contributed by atoms with Crippen LogP contribution in [0.4, 0.5) is 0 Å². The van der Waals surface area contributed by atoms with Crippen LogP contribution in [0, 0.1) is 5.92 Å². The summed E-state index contributed by atoms with van der Waals surface area (Å²) in [5.74, 6) is -1.26. The molecule has 1 aliphatic heterocycles. The maximum atomic E-state index is 13.7. The number of ether oxygens (including phenoxy) is 2. The van der Waals surface area contributed by atoms with Gasteiger partial charge in [0.1, 0.15) is 18.2 Å². The Kier molecular flexibility index (Phi) is 34.5. The van der Waals surface area contributed by atoms with Crippen LogP contribution in [0.2, 0.25) is 0 Å². The second-order valence-electron chi connectivity index (χ2n) is 17.5. The SMILES string of the molecule is CCCCCCCCCCCCC(CCCCCCCCCCC)CC(=O)O[C@H]1[C@H](OP(=O)(O)O)[C@@H](CO)OC(O)[C@@H]1NC(=O)C[C@H](O)CCCCCCCCCCC. The molecule has 12 nitrogen and oxygen atoms in total. The summed E-state index contributed by atoms with van der Waals surface area (Å²) in [6.07, 6.45) is 27.4. The van der Waals surface area contributed by atoms with Crippen LogP contribution >= 0.6 is 7.82 Å². The van der Waals surface area contributed by atoms with Crippen LogP contribution in [0.25, 0.3) is 0 Å². The number of phosphoric ester groups is 1. The van der Waals surface area contributed by atoms with Gasteiger partial charge in [0.15, 0.2) is 12.4 Å². The summed E-state index contributed by atoms with van der Waals surface area (Å²) >= 11 is 0. The van der Waals surface area contributed by atoms with E-state index in [9.17, 15) is 39.3 Å². The first kappa shape index (κ1) is 55.9. The fourth-order valence-corrected chi connectivity index (χ4v) is 8.92. The minimum Gasteiger partial charge on any atom is -0.457 e. The van der Waals surface area contributed by atoms with Crippen molar-refractivity contribution in [3.05, 3.63) is 0 Å². The molecule has 7 atom stereocenters. The Hall–Kier alpha value is -1.11. The minimum absolute atomic E-state index is 0.0323. The Bertz CT molecular complexity index is 1060. The third-order valence-corrected chi connectivity index (χ3v) is 12.4. The number of aliphatic hydroxyl groups is 3. The van der Waals surface area contributed by atoms with Gasteiger partial charge in [-0.1, -0.05) is 201 Å². The van der Waals surface area contributed by atoms with Gasteiger partial charge in [-0.25, -0.2) is 4.57 Å². The second-order valence-corrected chi connectivity index (χ2v) is 18.7. The Morgan fingerprint density at radius 3 is 1.39 bits per heavy atom. The van der Waals surface area contributed by atoms with Crippen molar-refractivity contribution in [2.75, 3.05) is 6.61 Å². The lowest BCUT2D eigenvalue weighted by atomic mass is 9.91. The topological polar surface area (TPSA) is 192 Å². The molecule has 1 rings (SSSR count). The molecule has 0 aromatic rings. The zero-order valence-electron chi connectivity index (χ0n) is 37.7. The largest absolute Gasteiger partial charge is 0.470 e. The van der Waals surface area contributed by atoms with E-state index in [2.05, 4.69) is 26.1 Å². The number of hydrogen-bond acceptors (Lipinski definition) is 9. The van der Waals surface area contributed by atoms with Crippen LogP contribution in [-0.4, -0.2) is 80.3 Å². The maximum absolute atomic E-state index is 13.7. The summed E-state index contributed by atoms with van der Waals surface area (Å²) < 4.78 is 28.4. The van der Waals surface area contributed by atoms with Crippen LogP contribution in [0.1, 0.15) is 233 Å². The van der Waals surface area contributed by atoms with E-state index in [4.69, 9.17) is 14.0 Å². The lowest BCUT2D eigenvalue weighted by Crippen LogP contribution is -2.65. The van der Waals surface area contributed by atoms with Crippen molar-refractivity contribution in [1.29, 1.82) is 0 Å². The number of carbonyl (C=O) groups excluding carboxylic acids is 2. The van der Waals surface area contributed by atoms with E-state index >= 15 is 0 Å². The average Bonchev–Trinajstić information content (AvgIpc) is 3.18. The predicted octanol–water partition coefficient (Wildman–Crippen LogP) is 10.5. The fourth-order valence-electron chi connectivity index (χ4n) is 8.35. The van der Waals surface area contributed by atoms with Gasteiger partial charge in [0.05, 0.1) is 19.1 Å². The number of unbranched alkanes of at least 4 members (excludes halogenated alkanes) is 25. The Morgan fingerprint density at radius 2 is 1.00 bits per heavy atom. The molecule has 13 heteroatoms. The Labute approximate surface area is 359 Å². The molecule has 0 aromatic heterocycles. The zero-order valence-corrected chi connectivity index (χ0v) is 38.6. The summed E-state index contributed by atoms with van der Waals surface area (Å²) in [6.45, 7) is 5.85. The number of hydrogen-bond donors (Lipinski definition) is 6. The highest BCUT2D eigenvalue weighted by Crippen LogP contribution is 2.42. The van der Waals surface area contributed by atoms with Crippen LogP contribution in [0.5, 0.6) is 0 Å². The molecule has 59 heavy (non-hydrogen) atoms. The van der Waals surface area contributed by atoms with Gasteiger partial charge in [0, 0.05) is 6.42 Å². The first-order valence-corrected chi connectivity index (χ1v) is 25.8. The van der Waals surface area contributed by atoms with E-state index < -0.39 is 63.1 Å². The van der Waals surface area contributed by atoms with Gasteiger partial charge in [0.2, 0.25) is 5.91 Å². The molecule has 1 saturated heterocycles. The molecule has 1 amide bonds. The van der Waals surface area contributed by atoms with E-state index in [0.29, 0.717) is 6.42 Å². The van der Waals surface area contributed by atoms with Crippen molar-refractivity contribution in [1.82, 2.24) is 5.32 Å². The third kappa shape index (κ3) is 29.8. The maximum Gasteiger partial charge on any atom is 0.470 e. The Morgan fingerprint density at radius 1 is 0.610 bits per heavy atom. The molecule has 2 unspecified atom stereocenters. The van der Waals surface area contributed by atoms with E-state index in [1.165, 1.54) is 116 Å². The number of esters is 1. The molecule has 1 aliphatic rings. The van der Waals surface area contributed by atoms with Gasteiger partial charge >= 0.3 is 13.8 Å². The van der Waals surface area contributed by atoms with Gasteiger partial charge in [0.25, 0.3) is 0 Å². The van der Waals surface area contributed by atoms with Crippen LogP contribution in [0.3, 0.4) is 0 Å². The lowest BCUT2D eigenvalue weighted by Gasteiger charge is -2.43. The molecule has 0 bridgehead atoms. The number of amides is 1. The third-order valence-electron chi connectivity index (χ3n) is 11.9. The van der Waals surface area contributed by atoms with E-state index in [-0.39, 0.29) is 18.8 Å². The molecule has 1 heterocycles. The fraction of sp³-hybridized carbons (Fsp3) is 0.957. The molecule has 0 aromatic carbocycles. The minimum atomic E-state index is -5.21. The van der Waals surface area contributed by atoms with Crippen molar-refractivity contribution in [2.45, 2.75) is 269 Å². The summed E-state index contributed by atoms with van der Waals surface area (Å²) in [5, 5.41) is 34.3. The Balaban J connectivity index is 2.91. The monoisotopic (exact) mass is 864 g/mol. The number of phosphoric acid groups is 1. The molecule has 1 fully saturated rings. The summed E-state index contributed by atoms with van der Waals surface area (Å²) in [4.78, 5) is 46.5. The smallest absolute Gasteiger partial charge is 0.457 e. The molecule has 0 aliphatic carbocycles. The normalized spacial score (nSPS) is 20.7. The van der Waals surface area contributed by atoms with E-state index in [1.54, 1.807) is 0 Å².